The molecule has 0 saturated heterocycles. The lowest BCUT2D eigenvalue weighted by atomic mass is 9.86. The zero-order valence-corrected chi connectivity index (χ0v) is 21.6. The number of carbonyl (C=O) groups is 2. The molecular formula is C27H33N3O4S. The number of rotatable bonds is 6. The molecular weight excluding hydrogens is 462 g/mol. The van der Waals surface area contributed by atoms with Crippen LogP contribution < -0.4 is 14.8 Å². The Morgan fingerprint density at radius 1 is 1.17 bits per heavy atom. The molecule has 7 nitrogen and oxygen atoms in total. The summed E-state index contributed by atoms with van der Waals surface area (Å²) in [7, 11) is 3.19. The molecule has 1 aliphatic heterocycles. The van der Waals surface area contributed by atoms with Gasteiger partial charge in [0.05, 0.1) is 37.5 Å². The monoisotopic (exact) mass is 495 g/mol. The maximum atomic E-state index is 14.0. The van der Waals surface area contributed by atoms with E-state index in [1.165, 1.54) is 0 Å². The number of hydrogen-bond acceptors (Lipinski definition) is 5. The van der Waals surface area contributed by atoms with Crippen molar-refractivity contribution in [3.05, 3.63) is 47.0 Å². The largest absolute Gasteiger partial charge is 0.493 e. The molecule has 1 atom stereocenters. The molecule has 1 fully saturated rings. The Morgan fingerprint density at radius 2 is 1.94 bits per heavy atom. The first-order valence-corrected chi connectivity index (χ1v) is 13.1. The number of thiophene rings is 1. The number of nitrogens with one attached hydrogen (secondary N) is 1. The third-order valence-corrected chi connectivity index (χ3v) is 8.56. The number of amides is 2. The van der Waals surface area contributed by atoms with Crippen molar-refractivity contribution in [3.63, 3.8) is 0 Å². The molecule has 0 spiro atoms. The second-order valence-corrected chi connectivity index (χ2v) is 11.0. The third kappa shape index (κ3) is 4.07. The summed E-state index contributed by atoms with van der Waals surface area (Å²) in [6.07, 6.45) is 4.18. The highest BCUT2D eigenvalue weighted by Gasteiger charge is 2.48. The molecule has 2 aromatic heterocycles. The van der Waals surface area contributed by atoms with E-state index in [1.807, 2.05) is 47.2 Å². The number of nitrogens with zero attached hydrogens (tertiary/aromatic N) is 2. The zero-order chi connectivity index (χ0) is 24.7. The minimum absolute atomic E-state index is 0.102. The molecule has 2 amide bonds. The van der Waals surface area contributed by atoms with Crippen LogP contribution in [0.1, 0.15) is 55.6 Å². The van der Waals surface area contributed by atoms with Crippen molar-refractivity contribution in [2.75, 3.05) is 14.2 Å². The summed E-state index contributed by atoms with van der Waals surface area (Å²) in [4.78, 5) is 29.6. The van der Waals surface area contributed by atoms with Gasteiger partial charge in [0, 0.05) is 11.6 Å². The number of carbonyl (C=O) groups excluding carboxylic acids is 2. The molecule has 0 bridgehead atoms. The molecule has 0 unspecified atom stereocenters. The standard InChI is InChI=1S/C27H33N3O4S/c1-17-8-10-19(11-9-17)28-26(32)27(2)16-29-20-12-13-35-23(20)14-21(29)25(31)30(27)15-18-6-5-7-22(33-3)24(18)34-4/h5-7,12-14,17,19H,8-11,15-16H2,1-4H3,(H,28,32)/t17?,19?,27-/m1/s1. The SMILES string of the molecule is COc1cccc(CN2C(=O)c3cc4sccc4n3C[C@]2(C)C(=O)NC2CCC(C)CC2)c1OC. The highest BCUT2D eigenvalue weighted by molar-refractivity contribution is 7.17. The van der Waals surface area contributed by atoms with Gasteiger partial charge in [0.15, 0.2) is 11.5 Å². The first-order chi connectivity index (χ1) is 16.9. The zero-order valence-electron chi connectivity index (χ0n) is 20.8. The van der Waals surface area contributed by atoms with Crippen LogP contribution in [-0.4, -0.2) is 47.1 Å². The lowest BCUT2D eigenvalue weighted by Crippen LogP contribution is -2.64. The Labute approximate surface area is 210 Å². The highest BCUT2D eigenvalue weighted by atomic mass is 32.1. The summed E-state index contributed by atoms with van der Waals surface area (Å²) < 4.78 is 14.2. The summed E-state index contributed by atoms with van der Waals surface area (Å²) in [6, 6.07) is 9.74. The van der Waals surface area contributed by atoms with Gasteiger partial charge in [0.25, 0.3) is 5.91 Å². The van der Waals surface area contributed by atoms with E-state index in [1.54, 1.807) is 30.5 Å². The Balaban J connectivity index is 1.54. The summed E-state index contributed by atoms with van der Waals surface area (Å²) in [6.45, 7) is 4.79. The topological polar surface area (TPSA) is 72.8 Å². The predicted octanol–water partition coefficient (Wildman–Crippen LogP) is 4.83. The summed E-state index contributed by atoms with van der Waals surface area (Å²) in [5, 5.41) is 5.33. The minimum Gasteiger partial charge on any atom is -0.493 e. The lowest BCUT2D eigenvalue weighted by Gasteiger charge is -2.45. The number of para-hydroxylation sites is 1. The number of methoxy groups -OCH3 is 2. The van der Waals surface area contributed by atoms with Crippen molar-refractivity contribution < 1.29 is 19.1 Å². The van der Waals surface area contributed by atoms with Crippen LogP contribution in [-0.2, 0) is 17.9 Å². The average molecular weight is 496 g/mol. The molecule has 2 aliphatic rings. The summed E-state index contributed by atoms with van der Waals surface area (Å²) in [5.74, 6) is 1.62. The van der Waals surface area contributed by atoms with E-state index in [9.17, 15) is 9.59 Å². The van der Waals surface area contributed by atoms with Crippen molar-refractivity contribution in [1.29, 1.82) is 0 Å². The van der Waals surface area contributed by atoms with Crippen molar-refractivity contribution in [1.82, 2.24) is 14.8 Å². The number of aromatic nitrogens is 1. The van der Waals surface area contributed by atoms with E-state index in [2.05, 4.69) is 12.2 Å². The fourth-order valence-electron chi connectivity index (χ4n) is 5.51. The molecule has 1 N–H and O–H groups in total. The van der Waals surface area contributed by atoms with Crippen LogP contribution in [0.4, 0.5) is 0 Å². The molecule has 1 saturated carbocycles. The van der Waals surface area contributed by atoms with Gasteiger partial charge in [-0.15, -0.1) is 11.3 Å². The Morgan fingerprint density at radius 3 is 2.66 bits per heavy atom. The molecule has 5 rings (SSSR count). The molecule has 3 heterocycles. The van der Waals surface area contributed by atoms with Gasteiger partial charge in [-0.2, -0.15) is 0 Å². The summed E-state index contributed by atoms with van der Waals surface area (Å²) >= 11 is 1.61. The molecule has 35 heavy (non-hydrogen) atoms. The van der Waals surface area contributed by atoms with E-state index in [0.29, 0.717) is 29.7 Å². The van der Waals surface area contributed by atoms with Crippen LogP contribution >= 0.6 is 11.3 Å². The number of ether oxygens (including phenoxy) is 2. The lowest BCUT2D eigenvalue weighted by molar-refractivity contribution is -0.134. The minimum atomic E-state index is -1.06. The van der Waals surface area contributed by atoms with Crippen molar-refractivity contribution in [3.8, 4) is 11.5 Å². The van der Waals surface area contributed by atoms with E-state index >= 15 is 0 Å². The predicted molar refractivity (Wildman–Crippen MR) is 137 cm³/mol. The van der Waals surface area contributed by atoms with Crippen molar-refractivity contribution >= 4 is 33.4 Å². The maximum absolute atomic E-state index is 14.0. The number of benzene rings is 1. The highest BCUT2D eigenvalue weighted by Crippen LogP contribution is 2.38. The Hall–Kier alpha value is -3.00. The third-order valence-electron chi connectivity index (χ3n) is 7.70. The van der Waals surface area contributed by atoms with Crippen LogP contribution in [0, 0.1) is 5.92 Å². The number of fused-ring (bicyclic) bond motifs is 3. The van der Waals surface area contributed by atoms with Crippen LogP contribution in [0.3, 0.4) is 0 Å². The molecule has 1 aromatic carbocycles. The van der Waals surface area contributed by atoms with E-state index in [4.69, 9.17) is 9.47 Å². The second-order valence-electron chi connectivity index (χ2n) is 10.0. The molecule has 3 aromatic rings. The fourth-order valence-corrected chi connectivity index (χ4v) is 6.34. The van der Waals surface area contributed by atoms with Crippen molar-refractivity contribution in [2.45, 2.75) is 64.2 Å². The van der Waals surface area contributed by atoms with Crippen molar-refractivity contribution in [2.24, 2.45) is 5.92 Å². The van der Waals surface area contributed by atoms with Crippen LogP contribution in [0.2, 0.25) is 0 Å². The fraction of sp³-hybridized carbons (Fsp3) is 0.481. The van der Waals surface area contributed by atoms with Crippen LogP contribution in [0.15, 0.2) is 35.7 Å². The molecule has 1 aliphatic carbocycles. The number of hydrogen-bond donors (Lipinski definition) is 1. The molecule has 0 radical (unpaired) electrons. The van der Waals surface area contributed by atoms with Gasteiger partial charge in [0.2, 0.25) is 5.91 Å². The maximum Gasteiger partial charge on any atom is 0.271 e. The quantitative estimate of drug-likeness (QED) is 0.532. The van der Waals surface area contributed by atoms with E-state index in [0.717, 1.165) is 41.5 Å². The second kappa shape index (κ2) is 9.22. The van der Waals surface area contributed by atoms with E-state index < -0.39 is 5.54 Å². The Bertz CT molecular complexity index is 1260. The summed E-state index contributed by atoms with van der Waals surface area (Å²) in [5.41, 5.74) is 1.36. The average Bonchev–Trinajstić information content (AvgIpc) is 3.45. The first-order valence-electron chi connectivity index (χ1n) is 12.2. The Kier molecular flexibility index (Phi) is 6.25. The van der Waals surface area contributed by atoms with Gasteiger partial charge in [-0.05, 0) is 62.1 Å². The van der Waals surface area contributed by atoms with Gasteiger partial charge in [-0.1, -0.05) is 19.1 Å². The smallest absolute Gasteiger partial charge is 0.271 e. The van der Waals surface area contributed by atoms with Gasteiger partial charge in [-0.25, -0.2) is 0 Å². The van der Waals surface area contributed by atoms with Gasteiger partial charge in [-0.3, -0.25) is 9.59 Å². The van der Waals surface area contributed by atoms with Crippen LogP contribution in [0.5, 0.6) is 11.5 Å². The van der Waals surface area contributed by atoms with Gasteiger partial charge in [0.1, 0.15) is 11.2 Å². The molecule has 8 heteroatoms. The van der Waals surface area contributed by atoms with Gasteiger partial charge >= 0.3 is 0 Å². The van der Waals surface area contributed by atoms with Gasteiger partial charge < -0.3 is 24.3 Å². The van der Waals surface area contributed by atoms with Crippen LogP contribution in [0.25, 0.3) is 10.2 Å². The molecule has 186 valence electrons. The normalized spacial score (nSPS) is 24.3. The first kappa shape index (κ1) is 23.7. The van der Waals surface area contributed by atoms with E-state index in [-0.39, 0.29) is 24.4 Å².